The van der Waals surface area contributed by atoms with E-state index >= 15 is 0 Å². The number of fused-ring (bicyclic) bond motifs is 1. The maximum absolute atomic E-state index is 12.8. The molecule has 0 atom stereocenters. The van der Waals surface area contributed by atoms with Crippen LogP contribution in [0.15, 0.2) is 126 Å². The van der Waals surface area contributed by atoms with Gasteiger partial charge in [-0.2, -0.15) is 5.11 Å². The number of non-ortho nitro benzene ring substituents is 1. The Balaban J connectivity index is 0.000000581. The van der Waals surface area contributed by atoms with Crippen molar-refractivity contribution in [2.45, 2.75) is 16.7 Å². The van der Waals surface area contributed by atoms with Crippen LogP contribution in [-0.4, -0.2) is 41.5 Å². The smallest absolute Gasteiger partial charge is 0.871 e. The summed E-state index contributed by atoms with van der Waals surface area (Å²) in [6.07, 6.45) is 0. The summed E-state index contributed by atoms with van der Waals surface area (Å²) in [4.78, 5) is 31.4. The van der Waals surface area contributed by atoms with Gasteiger partial charge in [-0.05, 0) is 47.2 Å². The number of nitrogens with two attached hydrogens (primary N) is 1. The number of aromatic nitrogens is 2. The molecule has 0 amide bonds. The third-order valence-electron chi connectivity index (χ3n) is 7.47. The maximum Gasteiger partial charge on any atom is 3.00 e. The average Bonchev–Trinajstić information content (AvgIpc) is 3.42. The molecule has 21 nitrogen and oxygen atoms in total. The minimum absolute atomic E-state index is 0. The van der Waals surface area contributed by atoms with Gasteiger partial charge in [-0.3, -0.25) is 14.9 Å². The van der Waals surface area contributed by atoms with E-state index < -0.39 is 91.5 Å². The van der Waals surface area contributed by atoms with Crippen molar-refractivity contribution in [3.05, 3.63) is 123 Å². The number of benzene rings is 5. The molecule has 0 aliphatic carbocycles. The van der Waals surface area contributed by atoms with E-state index in [1.54, 1.807) is 43.3 Å². The van der Waals surface area contributed by atoms with Crippen molar-refractivity contribution in [2.24, 2.45) is 20.5 Å². The van der Waals surface area contributed by atoms with Crippen LogP contribution < -0.4 is 31.7 Å². The zero-order valence-corrected chi connectivity index (χ0v) is 31.3. The fourth-order valence-electron chi connectivity index (χ4n) is 4.90. The van der Waals surface area contributed by atoms with E-state index in [0.29, 0.717) is 35.6 Å². The number of azo groups is 2. The minimum Gasteiger partial charge on any atom is -0.871 e. The molecule has 0 aliphatic rings. The second-order valence-corrected chi connectivity index (χ2v) is 13.9. The van der Waals surface area contributed by atoms with Crippen LogP contribution in [0.1, 0.15) is 20.3 Å². The molecule has 0 bridgehead atoms. The number of nitrogens with zero attached hydrogens (tertiary/aromatic N) is 7. The van der Waals surface area contributed by atoms with Gasteiger partial charge in [-0.15, -0.1) is 21.0 Å². The quantitative estimate of drug-likeness (QED) is 0.0718. The molecular formula is C33H23CrN8O13S2. The fraction of sp³-hybridized carbons (Fsp3) is 0.0303. The fourth-order valence-corrected chi connectivity index (χ4v) is 6.08. The van der Waals surface area contributed by atoms with E-state index in [9.17, 15) is 61.0 Å². The summed E-state index contributed by atoms with van der Waals surface area (Å²) >= 11 is 0. The predicted octanol–water partition coefficient (Wildman–Crippen LogP) is 2.92. The van der Waals surface area contributed by atoms with Crippen molar-refractivity contribution in [1.82, 2.24) is 9.78 Å². The summed E-state index contributed by atoms with van der Waals surface area (Å²) in [7, 11) is -10.4. The van der Waals surface area contributed by atoms with Gasteiger partial charge >= 0.3 is 21.6 Å². The van der Waals surface area contributed by atoms with Crippen LogP contribution in [0.4, 0.5) is 34.1 Å². The van der Waals surface area contributed by atoms with Gasteiger partial charge in [-0.1, -0.05) is 60.9 Å². The van der Waals surface area contributed by atoms with Crippen molar-refractivity contribution < 1.29 is 72.6 Å². The first-order valence-corrected chi connectivity index (χ1v) is 18.0. The van der Waals surface area contributed by atoms with Gasteiger partial charge < -0.3 is 44.7 Å². The Hall–Kier alpha value is -6.81. The Labute approximate surface area is 335 Å². The Morgan fingerprint density at radius 2 is 1.44 bits per heavy atom. The standard InChI is InChI=1S/C17H14N4O3.C16H12N4O10S2.Cr/c1-11-15(16(22)21(20-11)12-7-3-2-4-8-12)19-18-14-10-6-5-9-13(14)17(23)24;17-10-6-9(31(25,26)27)3-7-4-13(32(28,29)30)15(16(22)14(7)10)19-18-11-5-8(20(23)24)1-2-12(11)21;/h2-10H,1H3,(H2,18,20,22,23,24);1-6,21-22H,17H2,(H,25,26,27)(H,28,29,30);/q;;+3/p-3. The normalized spacial score (nSPS) is 11.6. The number of para-hydroxylation sites is 1. The number of hydrogen-bond donors (Lipinski definition) is 1. The first-order chi connectivity index (χ1) is 26.3. The van der Waals surface area contributed by atoms with Crippen LogP contribution in [0.25, 0.3) is 16.5 Å². The first-order valence-electron chi connectivity index (χ1n) is 15.2. The van der Waals surface area contributed by atoms with Gasteiger partial charge in [0.1, 0.15) is 25.9 Å². The minimum atomic E-state index is -5.40. The Kier molecular flexibility index (Phi) is 12.7. The number of rotatable bonds is 9. The van der Waals surface area contributed by atoms with Crippen molar-refractivity contribution in [3.63, 3.8) is 0 Å². The van der Waals surface area contributed by atoms with Crippen molar-refractivity contribution in [1.29, 1.82) is 0 Å². The Morgan fingerprint density at radius 1 is 0.825 bits per heavy atom. The molecule has 1 aromatic heterocycles. The van der Waals surface area contributed by atoms with Gasteiger partial charge in [-0.25, -0.2) is 16.8 Å². The van der Waals surface area contributed by atoms with E-state index in [-0.39, 0.29) is 38.6 Å². The summed E-state index contributed by atoms with van der Waals surface area (Å²) in [5.74, 6) is -3.49. The predicted molar refractivity (Wildman–Crippen MR) is 189 cm³/mol. The van der Waals surface area contributed by atoms with Gasteiger partial charge in [0.25, 0.3) is 11.2 Å². The molecule has 0 unspecified atom stereocenters. The number of carbonyl (C=O) groups excluding carboxylic acids is 1. The third-order valence-corrected chi connectivity index (χ3v) is 9.14. The largest absolute Gasteiger partial charge is 3.00 e. The molecule has 5 aromatic carbocycles. The third kappa shape index (κ3) is 9.53. The van der Waals surface area contributed by atoms with Gasteiger partial charge in [0.15, 0.2) is 0 Å². The number of nitrogen functional groups attached to an aromatic ring is 1. The number of carboxylic acid groups (broad SMARTS) is 1. The SMILES string of the molecule is Cc1[n-]n(-c2ccccc2)c(=O)c1N=Nc1ccccc1C(=O)[O-].Nc1cc(S(=O)(=O)[O-])cc2cc(S(=O)(=O)[O-])c(N=Nc3cc([N+](=O)[O-])ccc3[O-])c([O-])c12.[Cr+3].[H+].[H+].[H+]. The second kappa shape index (κ2) is 16.9. The van der Waals surface area contributed by atoms with Crippen LogP contribution in [0, 0.1) is 17.0 Å². The Morgan fingerprint density at radius 3 is 2.05 bits per heavy atom. The molecule has 6 aromatic rings. The molecule has 2 N–H and O–H groups in total. The van der Waals surface area contributed by atoms with Gasteiger partial charge in [0, 0.05) is 29.1 Å². The zero-order valence-electron chi connectivity index (χ0n) is 31.4. The number of nitro groups is 1. The molecule has 1 radical (unpaired) electrons. The van der Waals surface area contributed by atoms with E-state index in [4.69, 9.17) is 5.73 Å². The molecule has 0 spiro atoms. The van der Waals surface area contributed by atoms with E-state index in [1.807, 2.05) is 6.07 Å². The van der Waals surface area contributed by atoms with E-state index in [2.05, 4.69) is 25.6 Å². The van der Waals surface area contributed by atoms with Crippen LogP contribution in [0.5, 0.6) is 11.5 Å². The topological polar surface area (TPSA) is 355 Å². The molecule has 24 heteroatoms. The van der Waals surface area contributed by atoms with Gasteiger partial charge in [0.05, 0.1) is 37.7 Å². The molecule has 291 valence electrons. The molecule has 0 saturated heterocycles. The van der Waals surface area contributed by atoms with E-state index in [0.717, 1.165) is 12.1 Å². The molecule has 6 rings (SSSR count). The average molecular weight is 856 g/mol. The zero-order chi connectivity index (χ0) is 41.1. The molecule has 1 heterocycles. The first kappa shape index (κ1) is 42.9. The van der Waals surface area contributed by atoms with Crippen LogP contribution in [-0.2, 0) is 37.6 Å². The summed E-state index contributed by atoms with van der Waals surface area (Å²) in [6, 6.07) is 19.2. The summed E-state index contributed by atoms with van der Waals surface area (Å²) in [5, 5.41) is 64.3. The van der Waals surface area contributed by atoms with Crippen LogP contribution in [0.3, 0.4) is 0 Å². The van der Waals surface area contributed by atoms with Crippen LogP contribution in [0.2, 0.25) is 0 Å². The molecule has 57 heavy (non-hydrogen) atoms. The van der Waals surface area contributed by atoms with Crippen LogP contribution >= 0.6 is 0 Å². The Bertz CT molecular complexity index is 2920. The number of aryl methyl sites for hydroxylation is 1. The maximum atomic E-state index is 12.8. The summed E-state index contributed by atoms with van der Waals surface area (Å²) in [6.45, 7) is 1.64. The molecule has 0 aliphatic heterocycles. The van der Waals surface area contributed by atoms with Gasteiger partial charge in [0.2, 0.25) is 0 Å². The number of carboxylic acids is 1. The molecule has 0 saturated carbocycles. The van der Waals surface area contributed by atoms with Crippen molar-refractivity contribution in [3.8, 4) is 17.2 Å². The van der Waals surface area contributed by atoms with E-state index in [1.165, 1.54) is 16.8 Å². The second-order valence-electron chi connectivity index (χ2n) is 11.2. The molecule has 0 fully saturated rings. The summed E-state index contributed by atoms with van der Waals surface area (Å²) in [5.41, 5.74) is 3.53. The number of aromatic carboxylic acids is 1. The van der Waals surface area contributed by atoms with Crippen molar-refractivity contribution >= 4 is 71.1 Å². The number of carbonyl (C=O) groups is 1. The molecular weight excluding hydrogens is 833 g/mol. The number of anilines is 1. The summed E-state index contributed by atoms with van der Waals surface area (Å²) < 4.78 is 70.0. The van der Waals surface area contributed by atoms with Crippen molar-refractivity contribution in [2.75, 3.05) is 5.73 Å². The number of hydrogen-bond acceptors (Lipinski definition) is 18. The monoisotopic (exact) mass is 855 g/mol. The number of nitro benzene ring substituents is 1.